The Kier molecular flexibility index (Phi) is 5.67. The topological polar surface area (TPSA) is 72.8 Å². The van der Waals surface area contributed by atoms with Crippen molar-refractivity contribution in [2.75, 3.05) is 20.0 Å². The summed E-state index contributed by atoms with van der Waals surface area (Å²) in [6.07, 6.45) is 2.19. The molecule has 1 aromatic rings. The van der Waals surface area contributed by atoms with Crippen molar-refractivity contribution in [2.45, 2.75) is 12.8 Å². The summed E-state index contributed by atoms with van der Waals surface area (Å²) in [7, 11) is -2.17. The second-order valence-electron chi connectivity index (χ2n) is 3.78. The van der Waals surface area contributed by atoms with Crippen LogP contribution in [0, 0.1) is 11.8 Å². The van der Waals surface area contributed by atoms with Gasteiger partial charge >= 0.3 is 10.1 Å². The standard InChI is InChI=1S/C13H16O5S/c1-17-13-10-11(6-4-3-5-9-14)7-8-12(13)18-19(2,15)16/h7-8,10,14H,3,5,9H2,1-2H3. The highest BCUT2D eigenvalue weighted by Gasteiger charge is 2.10. The molecule has 0 aliphatic rings. The largest absolute Gasteiger partial charge is 0.493 e. The first-order valence-electron chi connectivity index (χ1n) is 5.63. The number of hydrogen-bond donors (Lipinski definition) is 1. The fraction of sp³-hybridized carbons (Fsp3) is 0.385. The highest BCUT2D eigenvalue weighted by Crippen LogP contribution is 2.28. The van der Waals surface area contributed by atoms with Gasteiger partial charge in [0, 0.05) is 18.6 Å². The average Bonchev–Trinajstić information content (AvgIpc) is 2.34. The van der Waals surface area contributed by atoms with Crippen LogP contribution < -0.4 is 8.92 Å². The maximum atomic E-state index is 11.1. The van der Waals surface area contributed by atoms with Gasteiger partial charge in [0.05, 0.1) is 13.4 Å². The van der Waals surface area contributed by atoms with E-state index >= 15 is 0 Å². The molecular formula is C13H16O5S. The van der Waals surface area contributed by atoms with Crippen molar-refractivity contribution < 1.29 is 22.4 Å². The van der Waals surface area contributed by atoms with Gasteiger partial charge < -0.3 is 14.0 Å². The van der Waals surface area contributed by atoms with Crippen molar-refractivity contribution in [1.82, 2.24) is 0 Å². The van der Waals surface area contributed by atoms with Crippen LogP contribution in [0.4, 0.5) is 0 Å². The third kappa shape index (κ3) is 5.64. The van der Waals surface area contributed by atoms with E-state index in [1.807, 2.05) is 0 Å². The summed E-state index contributed by atoms with van der Waals surface area (Å²) in [5.74, 6) is 6.23. The number of aliphatic hydroxyl groups excluding tert-OH is 1. The van der Waals surface area contributed by atoms with E-state index in [-0.39, 0.29) is 12.4 Å². The molecule has 0 saturated carbocycles. The fourth-order valence-corrected chi connectivity index (χ4v) is 1.77. The molecule has 5 nitrogen and oxygen atoms in total. The van der Waals surface area contributed by atoms with Crippen molar-refractivity contribution in [3.05, 3.63) is 23.8 Å². The minimum atomic E-state index is -3.59. The van der Waals surface area contributed by atoms with E-state index in [0.29, 0.717) is 24.2 Å². The molecule has 0 amide bonds. The van der Waals surface area contributed by atoms with Gasteiger partial charge in [0.15, 0.2) is 11.5 Å². The second kappa shape index (κ2) is 7.02. The van der Waals surface area contributed by atoms with Gasteiger partial charge in [-0.25, -0.2) is 0 Å². The van der Waals surface area contributed by atoms with Gasteiger partial charge in [0.1, 0.15) is 0 Å². The van der Waals surface area contributed by atoms with E-state index in [0.717, 1.165) is 6.26 Å². The molecule has 104 valence electrons. The number of rotatable bonds is 5. The molecule has 6 heteroatoms. The quantitative estimate of drug-likeness (QED) is 0.499. The van der Waals surface area contributed by atoms with E-state index in [1.54, 1.807) is 12.1 Å². The molecule has 0 fully saturated rings. The first kappa shape index (κ1) is 15.3. The van der Waals surface area contributed by atoms with E-state index in [1.165, 1.54) is 13.2 Å². The molecule has 1 aromatic carbocycles. The first-order valence-corrected chi connectivity index (χ1v) is 7.45. The Morgan fingerprint density at radius 3 is 2.63 bits per heavy atom. The Balaban J connectivity index is 2.92. The molecule has 0 aliphatic carbocycles. The number of benzene rings is 1. The van der Waals surface area contributed by atoms with Gasteiger partial charge in [0.2, 0.25) is 0 Å². The number of methoxy groups -OCH3 is 1. The third-order valence-electron chi connectivity index (χ3n) is 2.10. The molecule has 0 aromatic heterocycles. The van der Waals surface area contributed by atoms with Gasteiger partial charge in [-0.15, -0.1) is 0 Å². The van der Waals surface area contributed by atoms with Gasteiger partial charge in [-0.05, 0) is 24.6 Å². The summed E-state index contributed by atoms with van der Waals surface area (Å²) < 4.78 is 32.0. The monoisotopic (exact) mass is 284 g/mol. The molecular weight excluding hydrogens is 268 g/mol. The highest BCUT2D eigenvalue weighted by molar-refractivity contribution is 7.86. The lowest BCUT2D eigenvalue weighted by Gasteiger charge is -2.08. The Labute approximate surface area is 113 Å². The van der Waals surface area contributed by atoms with Crippen molar-refractivity contribution >= 4 is 10.1 Å². The van der Waals surface area contributed by atoms with Crippen LogP contribution in [0.2, 0.25) is 0 Å². The van der Waals surface area contributed by atoms with Crippen molar-refractivity contribution in [3.8, 4) is 23.3 Å². The number of aliphatic hydroxyl groups is 1. The van der Waals surface area contributed by atoms with Crippen LogP contribution in [0.25, 0.3) is 0 Å². The lowest BCUT2D eigenvalue weighted by molar-refractivity contribution is 0.290. The summed E-state index contributed by atoms with van der Waals surface area (Å²) in [5, 5.41) is 8.63. The Hall–Kier alpha value is -1.71. The van der Waals surface area contributed by atoms with Crippen LogP contribution in [-0.4, -0.2) is 33.5 Å². The summed E-state index contributed by atoms with van der Waals surface area (Å²) in [6, 6.07) is 4.75. The second-order valence-corrected chi connectivity index (χ2v) is 5.36. The highest BCUT2D eigenvalue weighted by atomic mass is 32.2. The fourth-order valence-electron chi connectivity index (χ4n) is 1.31. The third-order valence-corrected chi connectivity index (χ3v) is 2.58. The summed E-state index contributed by atoms with van der Waals surface area (Å²) in [6.45, 7) is 0.110. The van der Waals surface area contributed by atoms with Gasteiger partial charge in [-0.2, -0.15) is 8.42 Å². The molecule has 0 saturated heterocycles. The normalized spacial score (nSPS) is 10.5. The lowest BCUT2D eigenvalue weighted by Crippen LogP contribution is -2.06. The van der Waals surface area contributed by atoms with Crippen LogP contribution in [0.15, 0.2) is 18.2 Å². The number of hydrogen-bond acceptors (Lipinski definition) is 5. The zero-order chi connectivity index (χ0) is 14.3. The Bertz CT molecular complexity index is 581. The van der Waals surface area contributed by atoms with Crippen molar-refractivity contribution in [1.29, 1.82) is 0 Å². The minimum Gasteiger partial charge on any atom is -0.493 e. The number of unbranched alkanes of at least 4 members (excludes halogenated alkanes) is 1. The molecule has 0 heterocycles. The van der Waals surface area contributed by atoms with Crippen molar-refractivity contribution in [3.63, 3.8) is 0 Å². The number of ether oxygens (including phenoxy) is 1. The maximum Gasteiger partial charge on any atom is 0.306 e. The van der Waals surface area contributed by atoms with E-state index in [9.17, 15) is 8.42 Å². The molecule has 0 aliphatic heterocycles. The van der Waals surface area contributed by atoms with E-state index in [4.69, 9.17) is 14.0 Å². The average molecular weight is 284 g/mol. The Morgan fingerprint density at radius 2 is 2.05 bits per heavy atom. The SMILES string of the molecule is COc1cc(C#CCCCO)ccc1OS(C)(=O)=O. The smallest absolute Gasteiger partial charge is 0.306 e. The summed E-state index contributed by atoms with van der Waals surface area (Å²) in [5.41, 5.74) is 0.690. The van der Waals surface area contributed by atoms with E-state index < -0.39 is 10.1 Å². The van der Waals surface area contributed by atoms with Crippen molar-refractivity contribution in [2.24, 2.45) is 0 Å². The molecule has 0 bridgehead atoms. The first-order chi connectivity index (χ1) is 8.96. The van der Waals surface area contributed by atoms with Gasteiger partial charge in [-0.1, -0.05) is 11.8 Å². The predicted octanol–water partition coefficient (Wildman–Crippen LogP) is 1.16. The predicted molar refractivity (Wildman–Crippen MR) is 71.7 cm³/mol. The minimum absolute atomic E-state index is 0.110. The van der Waals surface area contributed by atoms with Crippen LogP contribution in [0.3, 0.4) is 0 Å². The molecule has 0 radical (unpaired) electrons. The van der Waals surface area contributed by atoms with Gasteiger partial charge in [0.25, 0.3) is 0 Å². The molecule has 0 unspecified atom stereocenters. The Morgan fingerprint density at radius 1 is 1.32 bits per heavy atom. The van der Waals surface area contributed by atoms with E-state index in [2.05, 4.69) is 11.8 Å². The van der Waals surface area contributed by atoms with Crippen LogP contribution in [-0.2, 0) is 10.1 Å². The zero-order valence-corrected chi connectivity index (χ0v) is 11.7. The van der Waals surface area contributed by atoms with Crippen LogP contribution in [0.5, 0.6) is 11.5 Å². The van der Waals surface area contributed by atoms with Crippen LogP contribution >= 0.6 is 0 Å². The molecule has 19 heavy (non-hydrogen) atoms. The zero-order valence-electron chi connectivity index (χ0n) is 10.8. The van der Waals surface area contributed by atoms with Gasteiger partial charge in [-0.3, -0.25) is 0 Å². The molecule has 1 rings (SSSR count). The molecule has 1 N–H and O–H groups in total. The van der Waals surface area contributed by atoms with Crippen LogP contribution in [0.1, 0.15) is 18.4 Å². The summed E-state index contributed by atoms with van der Waals surface area (Å²) >= 11 is 0. The molecule has 0 atom stereocenters. The summed E-state index contributed by atoms with van der Waals surface area (Å²) in [4.78, 5) is 0. The maximum absolute atomic E-state index is 11.1. The molecule has 0 spiro atoms. The lowest BCUT2D eigenvalue weighted by atomic mass is 10.2.